The topological polar surface area (TPSA) is 75.7 Å². The van der Waals surface area contributed by atoms with Crippen LogP contribution in [0, 0.1) is 11.7 Å². The molecule has 1 saturated carbocycles. The summed E-state index contributed by atoms with van der Waals surface area (Å²) in [4.78, 5) is 15.8. The fourth-order valence-electron chi connectivity index (χ4n) is 5.90. The lowest BCUT2D eigenvalue weighted by molar-refractivity contribution is -0.122. The number of nitrogens with one attached hydrogen (secondary N) is 1. The third-order valence-corrected chi connectivity index (χ3v) is 8.52. The van der Waals surface area contributed by atoms with Gasteiger partial charge in [-0.1, -0.05) is 68.5 Å². The van der Waals surface area contributed by atoms with Gasteiger partial charge in [0.05, 0.1) is 5.69 Å². The maximum absolute atomic E-state index is 13.6. The molecule has 0 bridgehead atoms. The zero-order valence-corrected chi connectivity index (χ0v) is 21.7. The quantitative estimate of drug-likeness (QED) is 0.397. The Kier molecular flexibility index (Phi) is 8.05. The molecule has 37 heavy (non-hydrogen) atoms. The Morgan fingerprint density at radius 3 is 2.70 bits per heavy atom. The summed E-state index contributed by atoms with van der Waals surface area (Å²) in [5.41, 5.74) is 2.50. The molecular formula is C29H33FN3O3S-. The van der Waals surface area contributed by atoms with E-state index in [1.807, 2.05) is 36.4 Å². The molecule has 0 radical (unpaired) electrons. The van der Waals surface area contributed by atoms with Gasteiger partial charge in [0.25, 0.3) is 0 Å². The van der Waals surface area contributed by atoms with Crippen LogP contribution in [-0.4, -0.2) is 40.3 Å². The van der Waals surface area contributed by atoms with E-state index in [2.05, 4.69) is 10.2 Å². The van der Waals surface area contributed by atoms with Crippen LogP contribution in [0.5, 0.6) is 0 Å². The van der Waals surface area contributed by atoms with Gasteiger partial charge in [0.1, 0.15) is 11.9 Å². The van der Waals surface area contributed by atoms with Gasteiger partial charge >= 0.3 is 0 Å². The molecule has 1 fully saturated rings. The fourth-order valence-corrected chi connectivity index (χ4v) is 6.61. The van der Waals surface area contributed by atoms with Gasteiger partial charge in [0, 0.05) is 42.0 Å². The molecule has 0 aromatic heterocycles. The molecular weight excluding hydrogens is 489 g/mol. The lowest BCUT2D eigenvalue weighted by Crippen LogP contribution is -2.50. The molecule has 0 saturated heterocycles. The Hall–Kier alpha value is -2.97. The van der Waals surface area contributed by atoms with Gasteiger partial charge in [-0.2, -0.15) is 0 Å². The lowest BCUT2D eigenvalue weighted by Gasteiger charge is -2.37. The van der Waals surface area contributed by atoms with Crippen LogP contribution in [0.25, 0.3) is 10.8 Å². The van der Waals surface area contributed by atoms with Crippen LogP contribution in [0.4, 0.5) is 15.8 Å². The van der Waals surface area contributed by atoms with Crippen molar-refractivity contribution in [1.82, 2.24) is 5.32 Å². The highest BCUT2D eigenvalue weighted by atomic mass is 32.2. The molecule has 2 atom stereocenters. The first-order valence-corrected chi connectivity index (χ1v) is 14.2. The van der Waals surface area contributed by atoms with E-state index in [-0.39, 0.29) is 11.7 Å². The van der Waals surface area contributed by atoms with E-state index in [0.717, 1.165) is 60.7 Å². The van der Waals surface area contributed by atoms with E-state index < -0.39 is 17.3 Å². The summed E-state index contributed by atoms with van der Waals surface area (Å²) in [6.07, 6.45) is 6.71. The van der Waals surface area contributed by atoms with Gasteiger partial charge in [-0.25, -0.2) is 4.39 Å². The second-order valence-corrected chi connectivity index (χ2v) is 10.9. The van der Waals surface area contributed by atoms with Gasteiger partial charge < -0.3 is 14.8 Å². The molecule has 2 unspecified atom stereocenters. The molecule has 5 rings (SSSR count). The summed E-state index contributed by atoms with van der Waals surface area (Å²) in [5, 5.41) is 4.75. The Morgan fingerprint density at radius 1 is 1.11 bits per heavy atom. The number of amides is 1. The number of hydrogen-bond donors (Lipinski definition) is 1. The molecule has 1 aliphatic carbocycles. The molecule has 1 heterocycles. The number of fused-ring (bicyclic) bond motifs is 2. The third-order valence-electron chi connectivity index (χ3n) is 7.75. The molecule has 1 N–H and O–H groups in total. The van der Waals surface area contributed by atoms with Crippen molar-refractivity contribution in [2.24, 2.45) is 5.92 Å². The molecule has 3 aromatic rings. The highest BCUT2D eigenvalue weighted by Crippen LogP contribution is 2.34. The van der Waals surface area contributed by atoms with Crippen LogP contribution in [-0.2, 0) is 22.5 Å². The summed E-state index contributed by atoms with van der Waals surface area (Å²) in [7, 11) is 0. The standard InChI is InChI=1S/C29H34FN3O3S/c30-24-13-14-26-23(20-24)15-17-32(26)18-16-31-29(34)28(19-21-7-2-1-3-8-21)33(37(35)36)27-12-6-10-22-9-4-5-11-25(22)27/h4-6,9-14,20-21,28H,1-3,7-8,15-19H2,(H,31,34)(H,35,36)/p-1. The second kappa shape index (κ2) is 11.6. The van der Waals surface area contributed by atoms with Gasteiger partial charge in [0.15, 0.2) is 0 Å². The summed E-state index contributed by atoms with van der Waals surface area (Å²) in [5.74, 6) is -0.203. The number of carbonyl (C=O) groups excluding carboxylic acids is 1. The lowest BCUT2D eigenvalue weighted by atomic mass is 9.84. The average Bonchev–Trinajstić information content (AvgIpc) is 3.30. The highest BCUT2D eigenvalue weighted by Gasteiger charge is 2.32. The number of anilines is 2. The second-order valence-electron chi connectivity index (χ2n) is 10.1. The first-order chi connectivity index (χ1) is 18.0. The molecule has 6 nitrogen and oxygen atoms in total. The zero-order valence-electron chi connectivity index (χ0n) is 20.9. The zero-order chi connectivity index (χ0) is 25.8. The van der Waals surface area contributed by atoms with Crippen molar-refractivity contribution < 1.29 is 17.9 Å². The maximum Gasteiger partial charge on any atom is 0.243 e. The van der Waals surface area contributed by atoms with E-state index in [1.165, 1.54) is 16.8 Å². The molecule has 8 heteroatoms. The Morgan fingerprint density at radius 2 is 1.89 bits per heavy atom. The van der Waals surface area contributed by atoms with Crippen LogP contribution >= 0.6 is 0 Å². The van der Waals surface area contributed by atoms with Crippen LogP contribution in [0.1, 0.15) is 44.1 Å². The number of rotatable bonds is 9. The summed E-state index contributed by atoms with van der Waals surface area (Å²) in [6.45, 7) is 1.73. The number of carbonyl (C=O) groups is 1. The smallest absolute Gasteiger partial charge is 0.243 e. The Balaban J connectivity index is 1.36. The van der Waals surface area contributed by atoms with Gasteiger partial charge in [-0.3, -0.25) is 13.3 Å². The molecule has 0 spiro atoms. The predicted octanol–water partition coefficient (Wildman–Crippen LogP) is 5.10. The van der Waals surface area contributed by atoms with Gasteiger partial charge in [-0.05, 0) is 54.0 Å². The van der Waals surface area contributed by atoms with Crippen LogP contribution in [0.2, 0.25) is 0 Å². The molecule has 1 amide bonds. The number of halogens is 1. The average molecular weight is 523 g/mol. The first kappa shape index (κ1) is 25.7. The summed E-state index contributed by atoms with van der Waals surface area (Å²) < 4.78 is 40.2. The van der Waals surface area contributed by atoms with Crippen molar-refractivity contribution in [3.63, 3.8) is 0 Å². The van der Waals surface area contributed by atoms with E-state index >= 15 is 0 Å². The molecule has 3 aromatic carbocycles. The van der Waals surface area contributed by atoms with Crippen molar-refractivity contribution in [3.8, 4) is 0 Å². The SMILES string of the molecule is O=C(NCCN1CCc2cc(F)ccc21)C(CC1CCCCC1)N(c1cccc2ccccc12)S(=O)[O-]. The van der Waals surface area contributed by atoms with E-state index in [9.17, 15) is 17.9 Å². The maximum atomic E-state index is 13.6. The Labute approximate surface area is 220 Å². The molecule has 1 aliphatic heterocycles. The minimum atomic E-state index is -2.63. The number of hydrogen-bond acceptors (Lipinski definition) is 4. The van der Waals surface area contributed by atoms with E-state index in [0.29, 0.717) is 31.1 Å². The first-order valence-electron chi connectivity index (χ1n) is 13.2. The summed E-state index contributed by atoms with van der Waals surface area (Å²) >= 11 is -2.63. The van der Waals surface area contributed by atoms with Crippen molar-refractivity contribution in [2.45, 2.75) is 51.0 Å². The minimum Gasteiger partial charge on any atom is -0.755 e. The monoisotopic (exact) mass is 522 g/mol. The van der Waals surface area contributed by atoms with E-state index in [4.69, 9.17) is 0 Å². The van der Waals surface area contributed by atoms with Crippen molar-refractivity contribution in [1.29, 1.82) is 0 Å². The third kappa shape index (κ3) is 5.80. The fraction of sp³-hybridized carbons (Fsp3) is 0.414. The largest absolute Gasteiger partial charge is 0.755 e. The molecule has 196 valence electrons. The van der Waals surface area contributed by atoms with Crippen molar-refractivity contribution >= 4 is 39.3 Å². The van der Waals surface area contributed by atoms with Crippen molar-refractivity contribution in [2.75, 3.05) is 28.8 Å². The number of nitrogens with zero attached hydrogens (tertiary/aromatic N) is 2. The van der Waals surface area contributed by atoms with Crippen LogP contribution < -0.4 is 14.5 Å². The van der Waals surface area contributed by atoms with Crippen molar-refractivity contribution in [3.05, 3.63) is 72.0 Å². The number of benzene rings is 3. The minimum absolute atomic E-state index is 0.237. The summed E-state index contributed by atoms with van der Waals surface area (Å²) in [6, 6.07) is 17.2. The van der Waals surface area contributed by atoms with Gasteiger partial charge in [0.2, 0.25) is 5.91 Å². The highest BCUT2D eigenvalue weighted by molar-refractivity contribution is 7.80. The Bertz CT molecular complexity index is 1270. The van der Waals surface area contributed by atoms with Gasteiger partial charge in [-0.15, -0.1) is 0 Å². The molecule has 2 aliphatic rings. The van der Waals surface area contributed by atoms with Crippen LogP contribution in [0.3, 0.4) is 0 Å². The van der Waals surface area contributed by atoms with Crippen LogP contribution in [0.15, 0.2) is 60.7 Å². The normalized spacial score (nSPS) is 17.4. The van der Waals surface area contributed by atoms with E-state index in [1.54, 1.807) is 18.2 Å². The predicted molar refractivity (Wildman–Crippen MR) is 146 cm³/mol.